The molecule has 0 aliphatic carbocycles. The number of fused-ring (bicyclic) bond motifs is 4. The monoisotopic (exact) mass is 1540 g/mol. The molecule has 5 saturated heterocycles. The Morgan fingerprint density at radius 2 is 0.702 bits per heavy atom. The molecule has 5 fully saturated rings. The zero-order valence-corrected chi connectivity index (χ0v) is 56.4. The van der Waals surface area contributed by atoms with Crippen molar-refractivity contribution in [1.29, 1.82) is 0 Å². The third-order valence-corrected chi connectivity index (χ3v) is 21.0. The lowest BCUT2D eigenvalue weighted by Gasteiger charge is -2.25. The van der Waals surface area contributed by atoms with Crippen LogP contribution in [-0.4, -0.2) is 211 Å². The number of phosphoric acid groups is 4. The molecule has 55 heteroatoms. The number of nitrogens with two attached hydrogens (primary N) is 5. The fraction of sp³-hybridized carbons (Fsp3) is 0.510. The number of imidazole rings is 4. The summed E-state index contributed by atoms with van der Waals surface area (Å²) in [5.74, 6) is -1.41. The lowest BCUT2D eigenvalue weighted by Crippen LogP contribution is -2.32. The summed E-state index contributed by atoms with van der Waals surface area (Å²) in [4.78, 5) is 155. The van der Waals surface area contributed by atoms with Crippen LogP contribution in [0.5, 0.6) is 0 Å². The summed E-state index contributed by atoms with van der Waals surface area (Å²) in [5.41, 5.74) is 24.0. The maximum absolute atomic E-state index is 14.3. The smallest absolute Gasteiger partial charge is 0.394 e. The molecule has 5 aliphatic rings. The maximum Gasteiger partial charge on any atom is 0.472 e. The van der Waals surface area contributed by atoms with Crippen molar-refractivity contribution in [2.24, 2.45) is 0 Å². The summed E-state index contributed by atoms with van der Waals surface area (Å²) in [7, 11) is -21.7. The summed E-state index contributed by atoms with van der Waals surface area (Å²) in [6.45, 7) is -4.65. The number of nitrogens with zero attached hydrogens (tertiary/aromatic N) is 14. The number of hydrogen-bond acceptors (Lipinski definition) is 38. The molecule has 14 rings (SSSR count). The van der Waals surface area contributed by atoms with Gasteiger partial charge in [-0.05, 0) is 6.07 Å². The van der Waals surface area contributed by atoms with E-state index in [1.54, 1.807) is 0 Å². The molecule has 20 N–H and O–H groups in total. The maximum atomic E-state index is 14.3. The predicted octanol–water partition coefficient (Wildman–Crippen LogP) is -3.51. The summed E-state index contributed by atoms with van der Waals surface area (Å²) >= 11 is 0. The molecular weight excluding hydrogens is 1480 g/mol. The number of aromatic amines is 4. The van der Waals surface area contributed by atoms with E-state index in [4.69, 9.17) is 88.5 Å². The second kappa shape index (κ2) is 28.1. The number of H-pyrrole nitrogens is 4. The number of ether oxygens (including phenoxy) is 5. The van der Waals surface area contributed by atoms with Gasteiger partial charge < -0.3 is 82.1 Å². The van der Waals surface area contributed by atoms with Crippen LogP contribution in [0.1, 0.15) is 63.2 Å². The molecule has 5 aliphatic heterocycles. The quantitative estimate of drug-likeness (QED) is 0.0234. The second-order valence-corrected chi connectivity index (χ2v) is 29.5. The zero-order chi connectivity index (χ0) is 73.6. The van der Waals surface area contributed by atoms with Gasteiger partial charge in [-0.3, -0.25) is 98.1 Å². The molecule has 0 spiro atoms. The standard InChI is InChI=1S/C49H61N23O28P4/c50-27-1-2-68(49(79)59-27)29-5-19(24(94-29)10-89-102(82,83)97-18-4-30(92-22(18)8-73)70-14-56-34-38(70)61-46(52)65-42(34)76)98-103(84,85)90-12-26-21(7-32(96-26)72-16-58-36-40(72)63-48(54)67-44(36)78)100-104(86,87)91-11-25-20(6-31(95-25)71-15-57-35-39(71)62-47(53)66-43(35)77)99-101(80,81)88-9-23-17(74)3-28(93-23)69-13-55-33-37(69)60-45(51)64-41(33)75/h1-2,13-26,28-32,73-74H,3-12H2,(H,80,81)(H,82,83)(H,84,85)(H,86,87)(H2,50,59,79)(H3,51,60,64,75)(H3,52,61,65,76)(H3,53,62,66,77)(H3,54,63,67,78)/t17-,18-,19-,20-,21-,22+,23+,24+,25+,26+,28+,29+,30+,31+,32+/m0/s1. The van der Waals surface area contributed by atoms with Gasteiger partial charge >= 0.3 is 37.0 Å². The van der Waals surface area contributed by atoms with E-state index >= 15 is 0 Å². The summed E-state index contributed by atoms with van der Waals surface area (Å²) in [6, 6.07) is 1.22. The second-order valence-electron chi connectivity index (χ2n) is 23.9. The molecule has 0 aromatic carbocycles. The highest BCUT2D eigenvalue weighted by Gasteiger charge is 2.50. The Hall–Kier alpha value is -8.56. The Bertz CT molecular complexity index is 5300. The van der Waals surface area contributed by atoms with E-state index in [2.05, 4.69) is 64.8 Å². The first kappa shape index (κ1) is 72.4. The lowest BCUT2D eigenvalue weighted by atomic mass is 10.2. The molecule has 4 unspecified atom stereocenters. The van der Waals surface area contributed by atoms with Gasteiger partial charge in [0.25, 0.3) is 22.2 Å². The highest BCUT2D eigenvalue weighted by atomic mass is 31.2. The van der Waals surface area contributed by atoms with Crippen LogP contribution in [0.2, 0.25) is 0 Å². The van der Waals surface area contributed by atoms with Gasteiger partial charge in [-0.2, -0.15) is 24.9 Å². The molecule has 9 aromatic rings. The van der Waals surface area contributed by atoms with Crippen LogP contribution >= 0.6 is 31.3 Å². The van der Waals surface area contributed by atoms with Crippen LogP contribution in [0.4, 0.5) is 29.6 Å². The van der Waals surface area contributed by atoms with Crippen molar-refractivity contribution in [3.05, 3.63) is 89.5 Å². The third-order valence-electron chi connectivity index (χ3n) is 17.0. The first-order valence-corrected chi connectivity index (χ1v) is 36.7. The van der Waals surface area contributed by atoms with Gasteiger partial charge in [0, 0.05) is 38.3 Å². The Kier molecular flexibility index (Phi) is 19.5. The number of phosphoric ester groups is 4. The SMILES string of the molecule is Nc1ccn([C@H]2C[C@H](OP(=O)(O)OC[C@H]3O[C@@H](n4cnc5c(=O)[nH]c(N)nc54)C[C@@H]3OP(=O)(O)OC[C@H]3O[C@@H](n4cnc5c(=O)[nH]c(N)nc54)C[C@@H]3OP(=O)(O)OC[C@H]3O[C@@H](n4cnc5c(=O)[nH]c(N)nc54)C[C@@H]3O)[C@@H](COP(=O)(O)O[C@H]3C[C@H](n4cnc5c(=O)[nH]c(N)nc54)O[C@@H]3CO)O2)c(=O)n1. The summed E-state index contributed by atoms with van der Waals surface area (Å²) in [6.07, 6.45) is -17.7. The van der Waals surface area contributed by atoms with Crippen molar-refractivity contribution in [3.63, 3.8) is 0 Å². The van der Waals surface area contributed by atoms with Gasteiger partial charge in [0.2, 0.25) is 23.8 Å². The molecule has 0 radical (unpaired) electrons. The summed E-state index contributed by atoms with van der Waals surface area (Å²) in [5, 5.41) is 21.2. The van der Waals surface area contributed by atoms with E-state index in [1.807, 2.05) is 0 Å². The van der Waals surface area contributed by atoms with Crippen molar-refractivity contribution < 1.29 is 108 Å². The van der Waals surface area contributed by atoms with E-state index in [-0.39, 0.29) is 87.1 Å². The van der Waals surface area contributed by atoms with Crippen LogP contribution < -0.4 is 56.6 Å². The molecule has 560 valence electrons. The largest absolute Gasteiger partial charge is 0.472 e. The minimum Gasteiger partial charge on any atom is -0.394 e. The Labute approximate surface area is 574 Å². The van der Waals surface area contributed by atoms with Crippen LogP contribution in [0, 0.1) is 0 Å². The minimum atomic E-state index is -5.55. The van der Waals surface area contributed by atoms with Gasteiger partial charge in [0.15, 0.2) is 44.7 Å². The number of hydrogen-bond donors (Lipinski definition) is 15. The highest BCUT2D eigenvalue weighted by Crippen LogP contribution is 2.55. The average Bonchev–Trinajstić information content (AvgIpc) is 1.65. The minimum absolute atomic E-state index is 0.00662. The third kappa shape index (κ3) is 15.0. The van der Waals surface area contributed by atoms with Gasteiger partial charge in [-0.15, -0.1) is 0 Å². The number of nitrogens with one attached hydrogen (secondary N) is 4. The van der Waals surface area contributed by atoms with Crippen LogP contribution in [0.15, 0.2) is 61.5 Å². The number of aromatic nitrogens is 18. The number of aliphatic hydroxyl groups excluding tert-OH is 2. The van der Waals surface area contributed by atoms with Crippen molar-refractivity contribution in [1.82, 2.24) is 87.6 Å². The Morgan fingerprint density at radius 1 is 0.423 bits per heavy atom. The van der Waals surface area contributed by atoms with E-state index in [9.17, 15) is 72.0 Å². The molecular formula is C49H61N23O28P4. The molecule has 14 heterocycles. The van der Waals surface area contributed by atoms with Gasteiger partial charge in [0.05, 0.1) is 64.4 Å². The van der Waals surface area contributed by atoms with Gasteiger partial charge in [-0.1, -0.05) is 0 Å². The lowest BCUT2D eigenvalue weighted by molar-refractivity contribution is -0.0637. The van der Waals surface area contributed by atoms with E-state index < -0.39 is 204 Å². The van der Waals surface area contributed by atoms with Crippen LogP contribution in [-0.2, 0) is 78.1 Å². The number of nitrogen functional groups attached to an aromatic ring is 5. The van der Waals surface area contributed by atoms with Gasteiger partial charge in [0.1, 0.15) is 91.9 Å². The van der Waals surface area contributed by atoms with Crippen LogP contribution in [0.25, 0.3) is 44.7 Å². The average molecular weight is 1540 g/mol. The number of aliphatic hydroxyl groups is 2. The normalized spacial score (nSPS) is 29.0. The number of anilines is 5. The zero-order valence-electron chi connectivity index (χ0n) is 52.8. The van der Waals surface area contributed by atoms with Crippen LogP contribution in [0.3, 0.4) is 0 Å². The molecule has 104 heavy (non-hydrogen) atoms. The van der Waals surface area contributed by atoms with Crippen molar-refractivity contribution in [2.75, 3.05) is 61.7 Å². The highest BCUT2D eigenvalue weighted by molar-refractivity contribution is 7.48. The molecule has 0 saturated carbocycles. The Balaban J connectivity index is 0.670. The van der Waals surface area contributed by atoms with Crippen molar-refractivity contribution in [2.45, 2.75) is 124 Å². The molecule has 9 aromatic heterocycles. The Morgan fingerprint density at radius 3 is 1.02 bits per heavy atom. The molecule has 0 amide bonds. The molecule has 19 atom stereocenters. The van der Waals surface area contributed by atoms with Crippen molar-refractivity contribution >= 4 is 106 Å². The van der Waals surface area contributed by atoms with E-state index in [1.165, 1.54) is 43.2 Å². The summed E-state index contributed by atoms with van der Waals surface area (Å²) < 4.78 is 136. The fourth-order valence-electron chi connectivity index (χ4n) is 12.3. The predicted molar refractivity (Wildman–Crippen MR) is 341 cm³/mol. The van der Waals surface area contributed by atoms with Gasteiger partial charge in [-0.25, -0.2) is 43.0 Å². The number of rotatable bonds is 26. The van der Waals surface area contributed by atoms with Crippen molar-refractivity contribution in [3.8, 4) is 0 Å². The first-order chi connectivity index (χ1) is 49.3. The molecule has 0 bridgehead atoms. The molecule has 51 nitrogen and oxygen atoms in total. The first-order valence-electron chi connectivity index (χ1n) is 30.8. The van der Waals surface area contributed by atoms with E-state index in [0.717, 1.165) is 17.2 Å². The van der Waals surface area contributed by atoms with E-state index in [0.29, 0.717) is 0 Å². The topological polar surface area (TPSA) is 729 Å². The fourth-order valence-corrected chi connectivity index (χ4v) is 16.2.